The molecule has 2 atom stereocenters. The number of likely N-dealkylation sites (N-methyl/N-ethyl adjacent to an activating group) is 1. The molecule has 0 saturated carbocycles. The van der Waals surface area contributed by atoms with Crippen molar-refractivity contribution in [3.8, 4) is 0 Å². The molecule has 2 unspecified atom stereocenters. The van der Waals surface area contributed by atoms with Gasteiger partial charge in [-0.2, -0.15) is 0 Å². The third-order valence-corrected chi connectivity index (χ3v) is 17.6. The van der Waals surface area contributed by atoms with Gasteiger partial charge in [-0.1, -0.05) is 359 Å². The molecule has 0 aliphatic heterocycles. The Kier molecular flexibility index (Phi) is 70.4. The zero-order valence-corrected chi connectivity index (χ0v) is 62.5. The van der Waals surface area contributed by atoms with Crippen LogP contribution in [0.1, 0.15) is 335 Å². The first kappa shape index (κ1) is 90.2. The first-order chi connectivity index (χ1) is 46.0. The highest BCUT2D eigenvalue weighted by Crippen LogP contribution is 2.38. The van der Waals surface area contributed by atoms with Crippen LogP contribution in [0.15, 0.2) is 134 Å². The Morgan fingerprint density at radius 3 is 0.904 bits per heavy atom. The van der Waals surface area contributed by atoms with E-state index < -0.39 is 26.5 Å². The number of esters is 2. The minimum absolute atomic E-state index is 0.0375. The minimum atomic E-state index is -4.65. The summed E-state index contributed by atoms with van der Waals surface area (Å²) in [6, 6.07) is 0. The molecule has 94 heavy (non-hydrogen) atoms. The van der Waals surface area contributed by atoms with E-state index in [1.165, 1.54) is 180 Å². The largest absolute Gasteiger partial charge is 0.756 e. The van der Waals surface area contributed by atoms with Crippen LogP contribution in [-0.4, -0.2) is 70.0 Å². The number of phosphoric acid groups is 1. The van der Waals surface area contributed by atoms with E-state index in [1.54, 1.807) is 0 Å². The highest BCUT2D eigenvalue weighted by atomic mass is 31.2. The molecular formula is C84H146NO8P. The lowest BCUT2D eigenvalue weighted by Crippen LogP contribution is -2.37. The summed E-state index contributed by atoms with van der Waals surface area (Å²) in [5, 5.41) is 0. The number of ether oxygens (including phenoxy) is 2. The summed E-state index contributed by atoms with van der Waals surface area (Å²) >= 11 is 0. The minimum Gasteiger partial charge on any atom is -0.756 e. The maximum Gasteiger partial charge on any atom is 0.306 e. The molecule has 0 rings (SSSR count). The van der Waals surface area contributed by atoms with Crippen LogP contribution in [0.3, 0.4) is 0 Å². The smallest absolute Gasteiger partial charge is 0.306 e. The van der Waals surface area contributed by atoms with Crippen molar-refractivity contribution in [2.45, 2.75) is 341 Å². The van der Waals surface area contributed by atoms with Crippen LogP contribution < -0.4 is 4.89 Å². The predicted octanol–water partition coefficient (Wildman–Crippen LogP) is 25.3. The Morgan fingerprint density at radius 2 is 0.606 bits per heavy atom. The molecule has 0 radical (unpaired) electrons. The van der Waals surface area contributed by atoms with Crippen LogP contribution in [0.2, 0.25) is 0 Å². The van der Waals surface area contributed by atoms with Crippen LogP contribution in [0.5, 0.6) is 0 Å². The summed E-state index contributed by atoms with van der Waals surface area (Å²) in [5.74, 6) is -0.840. The van der Waals surface area contributed by atoms with E-state index in [0.29, 0.717) is 17.4 Å². The van der Waals surface area contributed by atoms with E-state index in [9.17, 15) is 19.0 Å². The highest BCUT2D eigenvalue weighted by molar-refractivity contribution is 7.45. The van der Waals surface area contributed by atoms with E-state index in [0.717, 1.165) is 122 Å². The summed E-state index contributed by atoms with van der Waals surface area (Å²) in [4.78, 5) is 38.1. The van der Waals surface area contributed by atoms with Crippen molar-refractivity contribution in [3.05, 3.63) is 134 Å². The maximum absolute atomic E-state index is 12.9. The Morgan fingerprint density at radius 1 is 0.340 bits per heavy atom. The molecule has 0 saturated heterocycles. The monoisotopic (exact) mass is 1330 g/mol. The number of rotatable bonds is 71. The van der Waals surface area contributed by atoms with Gasteiger partial charge in [-0.3, -0.25) is 14.2 Å². The van der Waals surface area contributed by atoms with Crippen molar-refractivity contribution >= 4 is 19.8 Å². The summed E-state index contributed by atoms with van der Waals surface area (Å²) < 4.78 is 34.4. The number of allylic oxidation sites excluding steroid dienone is 22. The molecule has 0 aliphatic carbocycles. The van der Waals surface area contributed by atoms with Crippen LogP contribution in [0.25, 0.3) is 0 Å². The Labute approximate surface area is 581 Å². The zero-order valence-electron chi connectivity index (χ0n) is 61.6. The zero-order chi connectivity index (χ0) is 68.3. The number of carbonyl (C=O) groups is 2. The average molecular weight is 1330 g/mol. The van der Waals surface area contributed by atoms with Crippen LogP contribution in [-0.2, 0) is 32.7 Å². The second-order valence-corrected chi connectivity index (χ2v) is 28.4. The van der Waals surface area contributed by atoms with Gasteiger partial charge in [0.2, 0.25) is 0 Å². The third-order valence-electron chi connectivity index (χ3n) is 16.7. The molecular weight excluding hydrogens is 1180 g/mol. The summed E-state index contributed by atoms with van der Waals surface area (Å²) in [6.07, 6.45) is 107. The molecule has 0 N–H and O–H groups in total. The number of nitrogens with zero attached hydrogens (tertiary/aromatic N) is 1. The van der Waals surface area contributed by atoms with Gasteiger partial charge in [-0.15, -0.1) is 0 Å². The lowest BCUT2D eigenvalue weighted by Gasteiger charge is -2.28. The van der Waals surface area contributed by atoms with Gasteiger partial charge >= 0.3 is 11.9 Å². The molecule has 0 amide bonds. The Hall–Kier alpha value is -3.85. The topological polar surface area (TPSA) is 111 Å². The van der Waals surface area contributed by atoms with Crippen molar-refractivity contribution in [2.75, 3.05) is 47.5 Å². The number of unbranched alkanes of at least 4 members (excludes halogenated alkanes) is 35. The molecule has 0 spiro atoms. The molecule has 10 heteroatoms. The molecule has 0 aromatic rings. The fourth-order valence-corrected chi connectivity index (χ4v) is 11.5. The molecule has 0 fully saturated rings. The molecule has 0 heterocycles. The van der Waals surface area contributed by atoms with Crippen molar-refractivity contribution in [1.29, 1.82) is 0 Å². The van der Waals surface area contributed by atoms with Crippen molar-refractivity contribution < 1.29 is 42.1 Å². The van der Waals surface area contributed by atoms with E-state index >= 15 is 0 Å². The Balaban J connectivity index is 4.07. The van der Waals surface area contributed by atoms with E-state index in [1.807, 2.05) is 21.1 Å². The molecule has 540 valence electrons. The van der Waals surface area contributed by atoms with Crippen LogP contribution >= 0.6 is 7.82 Å². The van der Waals surface area contributed by atoms with Gasteiger partial charge in [0.15, 0.2) is 6.10 Å². The molecule has 0 aromatic heterocycles. The van der Waals surface area contributed by atoms with E-state index in [2.05, 4.69) is 148 Å². The van der Waals surface area contributed by atoms with Gasteiger partial charge in [0.25, 0.3) is 7.82 Å². The van der Waals surface area contributed by atoms with Gasteiger partial charge in [0, 0.05) is 12.8 Å². The third kappa shape index (κ3) is 77.2. The lowest BCUT2D eigenvalue weighted by molar-refractivity contribution is -0.870. The molecule has 0 bridgehead atoms. The summed E-state index contributed by atoms with van der Waals surface area (Å²) in [6.45, 7) is 4.15. The molecule has 9 nitrogen and oxygen atoms in total. The van der Waals surface area contributed by atoms with Gasteiger partial charge in [0.1, 0.15) is 19.8 Å². The van der Waals surface area contributed by atoms with Gasteiger partial charge in [0.05, 0.1) is 27.7 Å². The number of carbonyl (C=O) groups excluding carboxylic acids is 2. The Bertz CT molecular complexity index is 2050. The van der Waals surface area contributed by atoms with Crippen molar-refractivity contribution in [1.82, 2.24) is 0 Å². The van der Waals surface area contributed by atoms with Crippen LogP contribution in [0, 0.1) is 0 Å². The van der Waals surface area contributed by atoms with E-state index in [-0.39, 0.29) is 32.0 Å². The first-order valence-corrected chi connectivity index (χ1v) is 40.4. The predicted molar refractivity (Wildman–Crippen MR) is 406 cm³/mol. The quantitative estimate of drug-likeness (QED) is 0.0195. The van der Waals surface area contributed by atoms with Gasteiger partial charge in [-0.05, 0) is 96.3 Å². The second kappa shape index (κ2) is 73.4. The fraction of sp³-hybridized carbons (Fsp3) is 0.714. The number of hydrogen-bond acceptors (Lipinski definition) is 8. The maximum atomic E-state index is 12.9. The molecule has 0 aliphatic rings. The second-order valence-electron chi connectivity index (χ2n) is 27.0. The number of phosphoric ester groups is 1. The van der Waals surface area contributed by atoms with Gasteiger partial charge < -0.3 is 27.9 Å². The SMILES string of the molecule is CC/C=C\C/C=C\C/C=C\C/C=C\C/C=C\C/C=C\C/C=C\C/C=C\C/C=C\C/C=C\C/C=C\CCCCCCCCCC(=O)OC(COC(=O)CCCCCCCCCCCCCCCCCCCCCCCCCCCCCCC)COP(=O)([O-])OCC[N+](C)(C)C. The normalized spacial score (nSPS) is 13.8. The number of hydrogen-bond donors (Lipinski definition) is 0. The summed E-state index contributed by atoms with van der Waals surface area (Å²) in [7, 11) is 1.16. The van der Waals surface area contributed by atoms with Gasteiger partial charge in [-0.25, -0.2) is 0 Å². The fourth-order valence-electron chi connectivity index (χ4n) is 10.8. The summed E-state index contributed by atoms with van der Waals surface area (Å²) in [5.41, 5.74) is 0. The molecule has 0 aromatic carbocycles. The van der Waals surface area contributed by atoms with Crippen molar-refractivity contribution in [3.63, 3.8) is 0 Å². The standard InChI is InChI=1S/C84H146NO8P/c1-6-8-10-12-14-16-18-20-22-24-26-28-30-32-34-36-37-38-39-40-41-42-43-44-45-46-47-49-51-53-55-57-59-61-63-65-67-69-71-73-75-77-84(87)93-82(81-92-94(88,89)91-79-78-85(3,4)5)80-90-83(86)76-74-72-70-68-66-64-62-60-58-56-54-52-50-48-35-33-31-29-27-25-23-21-19-17-15-13-11-9-7-2/h8,10,14,16,20,22,26,28,32,34,37-38,40-41,43-44,46-47,51,53,57,59,82H,6-7,9,11-13,15,17-19,21,23-25,27,29-31,33,35-36,39,42,45,48-50,52,54-56,58,60-81H2,1-5H3/b10-8-,16-14-,22-20-,28-26-,34-32-,38-37-,41-40-,44-43-,47-46-,53-51-,59-57-. The highest BCUT2D eigenvalue weighted by Gasteiger charge is 2.22. The van der Waals surface area contributed by atoms with E-state index in [4.69, 9.17) is 18.5 Å². The average Bonchev–Trinajstić information content (AvgIpc) is 1.57. The number of quaternary nitrogens is 1. The first-order valence-electron chi connectivity index (χ1n) is 38.9. The lowest BCUT2D eigenvalue weighted by atomic mass is 10.0. The van der Waals surface area contributed by atoms with Crippen molar-refractivity contribution in [2.24, 2.45) is 0 Å². The van der Waals surface area contributed by atoms with Crippen LogP contribution in [0.4, 0.5) is 0 Å².